The van der Waals surface area contributed by atoms with Gasteiger partial charge >= 0.3 is 24.4 Å². The number of aromatic hydroxyl groups is 1. The Kier molecular flexibility index (Phi) is 31.4. The van der Waals surface area contributed by atoms with Gasteiger partial charge in [-0.15, -0.1) is 0 Å². The van der Waals surface area contributed by atoms with Crippen molar-refractivity contribution in [3.8, 4) is 63.2 Å². The number of hydrogen-bond donors (Lipinski definition) is 5. The van der Waals surface area contributed by atoms with Crippen LogP contribution in [0.1, 0.15) is 189 Å². The van der Waals surface area contributed by atoms with Crippen molar-refractivity contribution in [3.63, 3.8) is 0 Å². The van der Waals surface area contributed by atoms with E-state index in [2.05, 4.69) is 21.3 Å². The fraction of sp³-hybridized carbons (Fsp3) is 0.236. The predicted octanol–water partition coefficient (Wildman–Crippen LogP) is 22.1. The summed E-state index contributed by atoms with van der Waals surface area (Å²) in [5, 5.41) is 19.3. The van der Waals surface area contributed by atoms with Crippen LogP contribution >= 0.6 is 23.2 Å². The molecule has 141 heavy (non-hydrogen) atoms. The monoisotopic (exact) mass is 1950 g/mol. The highest BCUT2D eigenvalue weighted by Gasteiger charge is 2.49. The second kappa shape index (κ2) is 43.9. The van der Waals surface area contributed by atoms with Gasteiger partial charge in [-0.25, -0.2) is 28.0 Å². The number of aryl methyl sites for hydroxylation is 3. The number of phenols is 1. The molecule has 0 bridgehead atoms. The Labute approximate surface area is 820 Å². The van der Waals surface area contributed by atoms with Gasteiger partial charge in [0.25, 0.3) is 23.6 Å². The van der Waals surface area contributed by atoms with Gasteiger partial charge in [-0.2, -0.15) is 0 Å². The summed E-state index contributed by atoms with van der Waals surface area (Å²) in [7, 11) is 3.02. The maximum absolute atomic E-state index is 14.5. The third-order valence-corrected chi connectivity index (χ3v) is 24.3. The first kappa shape index (κ1) is 101. The van der Waals surface area contributed by atoms with Gasteiger partial charge in [0.05, 0.1) is 30.9 Å². The minimum atomic E-state index is -1.41. The Morgan fingerprint density at radius 1 is 0.362 bits per heavy atom. The third kappa shape index (κ3) is 24.6. The average molecular weight is 1950 g/mol. The standard InChI is InChI=1S/C28H26FNO6.C28H25NO6.C27H23ClFNO5.C27H24ClNO6/c1-4-6-18-14-19(25(31)22-11-10-20(34-3)15-23(22)29)9-12-24(18)35-21-8-5-7-17(13-21)16-28(2)26(32)30-27(33)36-28;1-28(26(31)29-27(32)35-28)21-4-3-5-23(16-21)34-24-13-10-19(15-20(24)14-17-6-7-17)25(30)18-8-11-22(33-2)12-9-18;1-3-5-17-13-18(24(31)21-10-9-19(28)14-22(21)29)8-11-23(17)34-20-7-4-6-16(12-20)15-27(2)25(32)30-26(33)35-27;1-3-5-17-13-18(24(31)21-10-9-19(28)14-22(21)30)8-11-23(17)34-20-7-4-6-16(12-20)15-27(2)25(32)29-26(33)35-27/h5,7-15H,4,6,16H2,1-3H3,(H,30,32,33);3-5,8-13,15-17H,6-7,14H2,1-2H3,(H,29,31,32);4,6-14H,3,5,15H2,1-2H3,(H,30,32,33);4,6-14,30H,3,5,15H2,1-2H3,(H,29,32,33)/t2*28-;2*27-/m1111/s1. The number of benzene rings is 12. The van der Waals surface area contributed by atoms with Crippen molar-refractivity contribution in [1.29, 1.82) is 0 Å². The number of ether oxygens (including phenoxy) is 10. The molecule has 0 unspecified atom stereocenters. The van der Waals surface area contributed by atoms with Gasteiger partial charge < -0.3 is 52.5 Å². The molecule has 5 N–H and O–H groups in total. The lowest BCUT2D eigenvalue weighted by atomic mass is 9.95. The summed E-state index contributed by atoms with van der Waals surface area (Å²) < 4.78 is 84.3. The van der Waals surface area contributed by atoms with Crippen LogP contribution in [0.3, 0.4) is 0 Å². The molecule has 17 rings (SSSR count). The number of imide groups is 4. The molecular formula is C110H98Cl2F2N4O23. The van der Waals surface area contributed by atoms with Crippen molar-refractivity contribution in [1.82, 2.24) is 21.3 Å². The van der Waals surface area contributed by atoms with E-state index < -0.39 is 93.6 Å². The molecule has 1 saturated carbocycles. The first-order valence-electron chi connectivity index (χ1n) is 45.3. The summed E-state index contributed by atoms with van der Waals surface area (Å²) in [6.07, 6.45) is 5.07. The van der Waals surface area contributed by atoms with Gasteiger partial charge in [0.1, 0.15) is 74.9 Å². The number of methoxy groups -OCH3 is 2. The van der Waals surface area contributed by atoms with Gasteiger partial charge in [-0.05, 0) is 305 Å². The van der Waals surface area contributed by atoms with Crippen molar-refractivity contribution in [2.75, 3.05) is 14.2 Å². The quantitative estimate of drug-likeness (QED) is 0.0188. The van der Waals surface area contributed by atoms with E-state index in [0.29, 0.717) is 121 Å². The summed E-state index contributed by atoms with van der Waals surface area (Å²) in [5.41, 5.74) is 3.27. The molecule has 12 aromatic carbocycles. The Morgan fingerprint density at radius 3 is 1.07 bits per heavy atom. The summed E-state index contributed by atoms with van der Waals surface area (Å²) >= 11 is 11.7. The highest BCUT2D eigenvalue weighted by molar-refractivity contribution is 6.31. The van der Waals surface area contributed by atoms with E-state index in [1.807, 2.05) is 51.1 Å². The second-order valence-corrected chi connectivity index (χ2v) is 35.7. The minimum Gasteiger partial charge on any atom is -0.507 e. The summed E-state index contributed by atoms with van der Waals surface area (Å²) in [5.74, 6) is 1.35. The molecule has 5 fully saturated rings. The molecule has 724 valence electrons. The van der Waals surface area contributed by atoms with E-state index in [-0.39, 0.29) is 58.3 Å². The molecule has 5 aliphatic rings. The van der Waals surface area contributed by atoms with Crippen LogP contribution < -0.4 is 49.7 Å². The molecule has 1 aliphatic carbocycles. The van der Waals surface area contributed by atoms with Crippen molar-refractivity contribution < 1.29 is 119 Å². The lowest BCUT2D eigenvalue weighted by Crippen LogP contribution is -2.38. The molecule has 4 saturated heterocycles. The molecule has 8 amide bonds. The Morgan fingerprint density at radius 2 is 0.702 bits per heavy atom. The van der Waals surface area contributed by atoms with Crippen molar-refractivity contribution in [3.05, 3.63) is 359 Å². The highest BCUT2D eigenvalue weighted by Crippen LogP contribution is 2.42. The molecular weight excluding hydrogens is 1850 g/mol. The van der Waals surface area contributed by atoms with E-state index in [1.54, 1.807) is 211 Å². The Bertz CT molecular complexity index is 6720. The lowest BCUT2D eigenvalue weighted by Gasteiger charge is -2.20. The smallest absolute Gasteiger partial charge is 0.415 e. The van der Waals surface area contributed by atoms with Crippen LogP contribution in [0.2, 0.25) is 10.0 Å². The maximum Gasteiger partial charge on any atom is 0.415 e. The molecule has 31 heteroatoms. The number of ketones is 4. The largest absolute Gasteiger partial charge is 0.507 e. The van der Waals surface area contributed by atoms with Crippen molar-refractivity contribution >= 4 is 94.3 Å². The first-order chi connectivity index (χ1) is 67.4. The summed E-state index contributed by atoms with van der Waals surface area (Å²) in [6, 6.07) is 68.6. The normalized spacial score (nSPS) is 17.6. The molecule has 0 spiro atoms. The number of rotatable bonds is 33. The average Bonchev–Trinajstić information content (AvgIpc) is 1.62. The minimum absolute atomic E-state index is 0.0373. The third-order valence-electron chi connectivity index (χ3n) is 23.8. The lowest BCUT2D eigenvalue weighted by molar-refractivity contribution is -0.131. The molecule has 12 aromatic rings. The van der Waals surface area contributed by atoms with Crippen LogP contribution in [0.25, 0.3) is 0 Å². The first-order valence-corrected chi connectivity index (χ1v) is 46.1. The highest BCUT2D eigenvalue weighted by atomic mass is 35.5. The van der Waals surface area contributed by atoms with Gasteiger partial charge in [0, 0.05) is 68.8 Å². The topological polar surface area (TPSA) is 365 Å². The fourth-order valence-corrected chi connectivity index (χ4v) is 16.5. The maximum atomic E-state index is 14.5. The molecule has 0 radical (unpaired) electrons. The summed E-state index contributed by atoms with van der Waals surface area (Å²) in [6.45, 7) is 12.3. The number of carbonyl (C=O) groups is 12. The molecule has 4 aliphatic heterocycles. The molecule has 4 atom stereocenters. The number of carbonyl (C=O) groups excluding carboxylic acids is 12. The van der Waals surface area contributed by atoms with Gasteiger partial charge in [0.15, 0.2) is 39.9 Å². The van der Waals surface area contributed by atoms with Crippen molar-refractivity contribution in [2.45, 2.75) is 148 Å². The number of hydrogen-bond acceptors (Lipinski definition) is 23. The van der Waals surface area contributed by atoms with Crippen LogP contribution in [0.4, 0.5) is 28.0 Å². The van der Waals surface area contributed by atoms with Gasteiger partial charge in [-0.3, -0.25) is 59.6 Å². The number of halogens is 4. The van der Waals surface area contributed by atoms with E-state index >= 15 is 0 Å². The molecule has 0 aromatic heterocycles. The number of nitrogens with one attached hydrogen (secondary N) is 4. The number of phenolic OH excluding ortho intramolecular Hbond substituents is 1. The number of alkyl carbamates (subject to hydrolysis) is 4. The van der Waals surface area contributed by atoms with E-state index in [9.17, 15) is 71.4 Å². The van der Waals surface area contributed by atoms with E-state index in [4.69, 9.17) is 70.6 Å². The van der Waals surface area contributed by atoms with Gasteiger partial charge in [0.2, 0.25) is 5.60 Å². The van der Waals surface area contributed by atoms with Crippen LogP contribution in [-0.2, 0) is 88.7 Å². The second-order valence-electron chi connectivity index (χ2n) is 34.9. The molecule has 4 heterocycles. The SMILES string of the molecule is CCCc1cc(C(=O)c2ccc(Cl)cc2F)ccc1Oc1cccc(C[C@@]2(C)OC(=O)NC2=O)c1.CCCc1cc(C(=O)c2ccc(Cl)cc2O)ccc1Oc1cccc(C[C@@]2(C)OC(=O)NC2=O)c1.CCCc1cc(C(=O)c2ccc(OC)cc2F)ccc1Oc1cccc(C[C@@]2(C)OC(=O)NC2=O)c1.COc1ccc(C(=O)c2ccc(Oc3cccc([C@@]4(C)OC(=O)NC4=O)c3)c(CC3CC3)c2)cc1. The van der Waals surface area contributed by atoms with E-state index in [0.717, 1.165) is 83.5 Å². The molecule has 27 nitrogen and oxygen atoms in total. The van der Waals surface area contributed by atoms with Crippen LogP contribution in [-0.4, -0.2) is 107 Å². The zero-order chi connectivity index (χ0) is 101. The number of cyclic esters (lactones) is 4. The Hall–Kier alpha value is -15.9. The van der Waals surface area contributed by atoms with Crippen LogP contribution in [0, 0.1) is 17.6 Å². The van der Waals surface area contributed by atoms with Crippen molar-refractivity contribution in [2.24, 2.45) is 5.92 Å². The zero-order valence-corrected chi connectivity index (χ0v) is 79.7. The van der Waals surface area contributed by atoms with E-state index in [1.165, 1.54) is 43.5 Å². The predicted molar refractivity (Wildman–Crippen MR) is 517 cm³/mol. The summed E-state index contributed by atoms with van der Waals surface area (Å²) in [4.78, 5) is 146. The Balaban J connectivity index is 0.000000150. The fourth-order valence-electron chi connectivity index (χ4n) is 16.2. The van der Waals surface area contributed by atoms with Crippen LogP contribution in [0.5, 0.6) is 63.2 Å². The van der Waals surface area contributed by atoms with Gasteiger partial charge in [-0.1, -0.05) is 112 Å². The van der Waals surface area contributed by atoms with Crippen LogP contribution in [0.15, 0.2) is 249 Å². The number of amides is 8. The zero-order valence-electron chi connectivity index (χ0n) is 78.2.